The van der Waals surface area contributed by atoms with Crippen LogP contribution in [0.15, 0.2) is 23.1 Å². The molecule has 1 aromatic rings. The molecule has 1 fully saturated rings. The molecule has 1 aromatic carbocycles. The summed E-state index contributed by atoms with van der Waals surface area (Å²) in [6.45, 7) is -0.198. The average Bonchev–Trinajstić information content (AvgIpc) is 2.47. The number of rotatable bonds is 5. The van der Waals surface area contributed by atoms with Gasteiger partial charge < -0.3 is 9.84 Å². The molecule has 0 atom stereocenters. The summed E-state index contributed by atoms with van der Waals surface area (Å²) in [5.74, 6) is 0.297. The molecule has 0 aromatic heterocycles. The number of methoxy groups -OCH3 is 1. The minimum absolute atomic E-state index is 0.00348. The van der Waals surface area contributed by atoms with Gasteiger partial charge in [-0.1, -0.05) is 25.3 Å². The number of aliphatic hydroxyl groups is 1. The summed E-state index contributed by atoms with van der Waals surface area (Å²) in [7, 11) is -2.18. The molecule has 0 aliphatic heterocycles. The van der Waals surface area contributed by atoms with E-state index in [0.29, 0.717) is 11.3 Å². The molecule has 0 unspecified atom stereocenters. The van der Waals surface area contributed by atoms with Gasteiger partial charge in [-0.25, -0.2) is 13.1 Å². The van der Waals surface area contributed by atoms with Gasteiger partial charge in [-0.15, -0.1) is 0 Å². The van der Waals surface area contributed by atoms with Crippen LogP contribution < -0.4 is 9.46 Å². The number of nitrogens with one attached hydrogen (secondary N) is 1. The van der Waals surface area contributed by atoms with Gasteiger partial charge in [-0.05, 0) is 30.5 Å². The van der Waals surface area contributed by atoms with Crippen LogP contribution in [0.2, 0.25) is 0 Å². The Morgan fingerprint density at radius 2 is 2.00 bits per heavy atom. The SMILES string of the molecule is COc1ccc(CO)cc1S(=O)(=O)NC1CCCCC1. The van der Waals surface area contributed by atoms with Crippen LogP contribution >= 0.6 is 0 Å². The third-order valence-electron chi connectivity index (χ3n) is 3.63. The standard InChI is InChI=1S/C14H21NO4S/c1-19-13-8-7-11(10-16)9-14(13)20(17,18)15-12-5-3-2-4-6-12/h7-9,12,15-16H,2-6,10H2,1H3. The lowest BCUT2D eigenvalue weighted by Crippen LogP contribution is -2.36. The van der Waals surface area contributed by atoms with Crippen LogP contribution in [0.25, 0.3) is 0 Å². The smallest absolute Gasteiger partial charge is 0.244 e. The first-order valence-electron chi connectivity index (χ1n) is 6.87. The Bertz CT molecular complexity index is 550. The number of aliphatic hydroxyl groups excluding tert-OH is 1. The van der Waals surface area contributed by atoms with Crippen molar-refractivity contribution in [3.8, 4) is 5.75 Å². The molecule has 112 valence electrons. The summed E-state index contributed by atoms with van der Waals surface area (Å²) in [6, 6.07) is 4.68. The van der Waals surface area contributed by atoms with Gasteiger partial charge in [0.1, 0.15) is 10.6 Å². The van der Waals surface area contributed by atoms with Gasteiger partial charge in [0.15, 0.2) is 0 Å². The third kappa shape index (κ3) is 3.50. The molecule has 20 heavy (non-hydrogen) atoms. The van der Waals surface area contributed by atoms with Crippen molar-refractivity contribution in [2.75, 3.05) is 7.11 Å². The van der Waals surface area contributed by atoms with Crippen LogP contribution in [0.4, 0.5) is 0 Å². The molecule has 1 aliphatic carbocycles. The topological polar surface area (TPSA) is 75.6 Å². The molecule has 5 nitrogen and oxygen atoms in total. The summed E-state index contributed by atoms with van der Waals surface area (Å²) >= 11 is 0. The predicted molar refractivity (Wildman–Crippen MR) is 76.1 cm³/mol. The second kappa shape index (κ2) is 6.56. The summed E-state index contributed by atoms with van der Waals surface area (Å²) in [5.41, 5.74) is 0.551. The van der Waals surface area contributed by atoms with Crippen molar-refractivity contribution in [1.29, 1.82) is 0 Å². The van der Waals surface area contributed by atoms with Gasteiger partial charge in [-0.3, -0.25) is 0 Å². The fraction of sp³-hybridized carbons (Fsp3) is 0.571. The quantitative estimate of drug-likeness (QED) is 0.869. The van der Waals surface area contributed by atoms with Crippen molar-refractivity contribution in [2.45, 2.75) is 49.6 Å². The van der Waals surface area contributed by atoms with Crippen molar-refractivity contribution < 1.29 is 18.3 Å². The van der Waals surface area contributed by atoms with Crippen molar-refractivity contribution in [1.82, 2.24) is 4.72 Å². The minimum Gasteiger partial charge on any atom is -0.495 e. The fourth-order valence-corrected chi connectivity index (χ4v) is 4.06. The monoisotopic (exact) mass is 299 g/mol. The first kappa shape index (κ1) is 15.3. The first-order valence-corrected chi connectivity index (χ1v) is 8.35. The first-order chi connectivity index (χ1) is 9.56. The van der Waals surface area contributed by atoms with Crippen LogP contribution in [0.5, 0.6) is 5.75 Å². The van der Waals surface area contributed by atoms with E-state index in [1.54, 1.807) is 12.1 Å². The van der Waals surface area contributed by atoms with Gasteiger partial charge in [0, 0.05) is 6.04 Å². The third-order valence-corrected chi connectivity index (χ3v) is 5.17. The van der Waals surface area contributed by atoms with Crippen molar-refractivity contribution in [3.05, 3.63) is 23.8 Å². The highest BCUT2D eigenvalue weighted by molar-refractivity contribution is 7.89. The Morgan fingerprint density at radius 1 is 1.30 bits per heavy atom. The zero-order chi connectivity index (χ0) is 14.6. The van der Waals surface area contributed by atoms with Crippen LogP contribution in [-0.4, -0.2) is 26.7 Å². The number of hydrogen-bond acceptors (Lipinski definition) is 4. The second-order valence-corrected chi connectivity index (χ2v) is 6.78. The van der Waals surface area contributed by atoms with E-state index >= 15 is 0 Å². The van der Waals surface area contributed by atoms with Crippen LogP contribution in [0, 0.1) is 0 Å². The van der Waals surface area contributed by atoms with Crippen LogP contribution in [0.1, 0.15) is 37.7 Å². The molecular formula is C14H21NO4S. The molecule has 2 N–H and O–H groups in total. The zero-order valence-electron chi connectivity index (χ0n) is 11.6. The second-order valence-electron chi connectivity index (χ2n) is 5.10. The van der Waals surface area contributed by atoms with E-state index in [2.05, 4.69) is 4.72 Å². The molecule has 0 spiro atoms. The molecule has 0 saturated heterocycles. The summed E-state index contributed by atoms with van der Waals surface area (Å²) in [5, 5.41) is 9.16. The molecule has 0 bridgehead atoms. The van der Waals surface area contributed by atoms with Gasteiger partial charge in [0.25, 0.3) is 0 Å². The number of sulfonamides is 1. The van der Waals surface area contributed by atoms with Gasteiger partial charge >= 0.3 is 0 Å². The lowest BCUT2D eigenvalue weighted by Gasteiger charge is -2.23. The molecule has 6 heteroatoms. The largest absolute Gasteiger partial charge is 0.495 e. The Kier molecular flexibility index (Phi) is 5.01. The highest BCUT2D eigenvalue weighted by atomic mass is 32.2. The molecule has 0 amide bonds. The van der Waals surface area contributed by atoms with E-state index in [1.165, 1.54) is 19.6 Å². The predicted octanol–water partition coefficient (Wildman–Crippen LogP) is 1.80. The van der Waals surface area contributed by atoms with Crippen LogP contribution in [-0.2, 0) is 16.6 Å². The maximum atomic E-state index is 12.5. The Hall–Kier alpha value is -1.11. The number of hydrogen-bond donors (Lipinski definition) is 2. The van der Waals surface area contributed by atoms with Gasteiger partial charge in [-0.2, -0.15) is 0 Å². The minimum atomic E-state index is -3.62. The number of benzene rings is 1. The molecule has 0 radical (unpaired) electrons. The average molecular weight is 299 g/mol. The Labute approximate surface area is 120 Å². The van der Waals surface area contributed by atoms with E-state index < -0.39 is 10.0 Å². The maximum Gasteiger partial charge on any atom is 0.244 e. The van der Waals surface area contributed by atoms with Crippen molar-refractivity contribution in [2.24, 2.45) is 0 Å². The zero-order valence-corrected chi connectivity index (χ0v) is 12.4. The normalized spacial score (nSPS) is 17.1. The van der Waals surface area contributed by atoms with E-state index in [1.807, 2.05) is 0 Å². The van der Waals surface area contributed by atoms with Gasteiger partial charge in [0.05, 0.1) is 13.7 Å². The molecule has 1 saturated carbocycles. The highest BCUT2D eigenvalue weighted by Gasteiger charge is 2.25. The lowest BCUT2D eigenvalue weighted by atomic mass is 9.96. The molecule has 1 aliphatic rings. The molecule has 2 rings (SSSR count). The van der Waals surface area contributed by atoms with E-state index in [0.717, 1.165) is 25.7 Å². The van der Waals surface area contributed by atoms with Gasteiger partial charge in [0.2, 0.25) is 10.0 Å². The lowest BCUT2D eigenvalue weighted by molar-refractivity contribution is 0.281. The van der Waals surface area contributed by atoms with E-state index in [9.17, 15) is 8.42 Å². The highest BCUT2D eigenvalue weighted by Crippen LogP contribution is 2.26. The summed E-state index contributed by atoms with van der Waals surface area (Å²) in [4.78, 5) is 0.0946. The Morgan fingerprint density at radius 3 is 2.60 bits per heavy atom. The van der Waals surface area contributed by atoms with Crippen LogP contribution in [0.3, 0.4) is 0 Å². The summed E-state index contributed by atoms with van der Waals surface area (Å²) in [6.07, 6.45) is 5.03. The number of ether oxygens (including phenoxy) is 1. The van der Waals surface area contributed by atoms with Crippen molar-refractivity contribution in [3.63, 3.8) is 0 Å². The molecular weight excluding hydrogens is 278 g/mol. The Balaban J connectivity index is 2.27. The maximum absolute atomic E-state index is 12.5. The fourth-order valence-electron chi connectivity index (χ4n) is 2.53. The van der Waals surface area contributed by atoms with E-state index in [-0.39, 0.29) is 17.5 Å². The molecule has 0 heterocycles. The van der Waals surface area contributed by atoms with E-state index in [4.69, 9.17) is 9.84 Å². The van der Waals surface area contributed by atoms with Crippen molar-refractivity contribution >= 4 is 10.0 Å². The summed E-state index contributed by atoms with van der Waals surface area (Å²) < 4.78 is 32.8.